The molecule has 0 aliphatic carbocycles. The minimum Gasteiger partial charge on any atom is -0.355 e. The highest BCUT2D eigenvalue weighted by atomic mass is 19.4. The maximum Gasteiger partial charge on any atom is 0.417 e. The van der Waals surface area contributed by atoms with E-state index in [1.807, 2.05) is 12.1 Å². The molecular weight excluding hydrogens is 393 g/mol. The van der Waals surface area contributed by atoms with Crippen molar-refractivity contribution in [1.29, 1.82) is 0 Å². The molecule has 1 fully saturated rings. The smallest absolute Gasteiger partial charge is 0.355 e. The average Bonchev–Trinajstić information content (AvgIpc) is 3.29. The van der Waals surface area contributed by atoms with Gasteiger partial charge in [-0.05, 0) is 49.2 Å². The van der Waals surface area contributed by atoms with Crippen molar-refractivity contribution in [1.82, 2.24) is 10.2 Å². The van der Waals surface area contributed by atoms with Gasteiger partial charge in [-0.3, -0.25) is 4.79 Å². The molecule has 2 aromatic carbocycles. The fraction of sp³-hybridized carbons (Fsp3) is 0.227. The number of rotatable bonds is 4. The number of anilines is 2. The van der Waals surface area contributed by atoms with Gasteiger partial charge in [0.25, 0.3) is 5.91 Å². The second-order valence-corrected chi connectivity index (χ2v) is 7.05. The largest absolute Gasteiger partial charge is 0.417 e. The van der Waals surface area contributed by atoms with Crippen molar-refractivity contribution >= 4 is 17.4 Å². The molecule has 0 saturated carbocycles. The van der Waals surface area contributed by atoms with Gasteiger partial charge >= 0.3 is 6.18 Å². The van der Waals surface area contributed by atoms with E-state index in [2.05, 4.69) is 20.4 Å². The number of amides is 1. The first kappa shape index (κ1) is 19.9. The van der Waals surface area contributed by atoms with Crippen LogP contribution >= 0.6 is 0 Å². The molecule has 1 aliphatic heterocycles. The van der Waals surface area contributed by atoms with Gasteiger partial charge in [-0.1, -0.05) is 24.3 Å². The van der Waals surface area contributed by atoms with E-state index in [9.17, 15) is 18.0 Å². The summed E-state index contributed by atoms with van der Waals surface area (Å²) < 4.78 is 39.4. The molecule has 1 N–H and O–H groups in total. The van der Waals surface area contributed by atoms with Crippen molar-refractivity contribution in [2.24, 2.45) is 0 Å². The van der Waals surface area contributed by atoms with E-state index >= 15 is 0 Å². The number of halogens is 3. The first-order valence-electron chi connectivity index (χ1n) is 9.58. The van der Waals surface area contributed by atoms with E-state index in [4.69, 9.17) is 0 Å². The Balaban J connectivity index is 1.47. The molecule has 0 radical (unpaired) electrons. The summed E-state index contributed by atoms with van der Waals surface area (Å²) in [6.45, 7) is 1.97. The lowest BCUT2D eigenvalue weighted by molar-refractivity contribution is -0.137. The lowest BCUT2D eigenvalue weighted by Crippen LogP contribution is -2.19. The summed E-state index contributed by atoms with van der Waals surface area (Å²) in [6, 6.07) is 15.2. The summed E-state index contributed by atoms with van der Waals surface area (Å²) in [6.07, 6.45) is -2.29. The van der Waals surface area contributed by atoms with Crippen LogP contribution < -0.4 is 10.2 Å². The molecule has 5 nitrogen and oxygen atoms in total. The Morgan fingerprint density at radius 1 is 0.900 bits per heavy atom. The Labute approximate surface area is 171 Å². The molecule has 0 unspecified atom stereocenters. The van der Waals surface area contributed by atoms with Crippen LogP contribution in [0.2, 0.25) is 0 Å². The van der Waals surface area contributed by atoms with E-state index < -0.39 is 23.2 Å². The number of aromatic nitrogens is 2. The Bertz CT molecular complexity index is 1030. The van der Waals surface area contributed by atoms with Gasteiger partial charge in [0.1, 0.15) is 0 Å². The van der Waals surface area contributed by atoms with Crippen LogP contribution in [0.25, 0.3) is 11.3 Å². The minimum atomic E-state index is -4.60. The van der Waals surface area contributed by atoms with Crippen LogP contribution in [0.3, 0.4) is 0 Å². The topological polar surface area (TPSA) is 58.1 Å². The van der Waals surface area contributed by atoms with E-state index in [1.54, 1.807) is 24.3 Å². The molecular formula is C22H19F3N4O. The van der Waals surface area contributed by atoms with Gasteiger partial charge in [0.2, 0.25) is 0 Å². The zero-order chi connectivity index (χ0) is 21.1. The lowest BCUT2D eigenvalue weighted by Gasteiger charge is -2.15. The number of benzene rings is 2. The van der Waals surface area contributed by atoms with Gasteiger partial charge in [0.15, 0.2) is 5.82 Å². The highest BCUT2D eigenvalue weighted by Gasteiger charge is 2.34. The summed E-state index contributed by atoms with van der Waals surface area (Å²) in [5.41, 5.74) is 0.481. The molecule has 1 aliphatic rings. The van der Waals surface area contributed by atoms with E-state index in [0.717, 1.165) is 49.4 Å². The highest BCUT2D eigenvalue weighted by molar-refractivity contribution is 6.05. The van der Waals surface area contributed by atoms with Crippen molar-refractivity contribution in [3.63, 3.8) is 0 Å². The van der Waals surface area contributed by atoms with Crippen LogP contribution in [0, 0.1) is 0 Å². The number of hydrogen-bond acceptors (Lipinski definition) is 4. The number of nitrogens with zero attached hydrogens (tertiary/aromatic N) is 3. The maximum absolute atomic E-state index is 13.1. The third-order valence-corrected chi connectivity index (χ3v) is 5.00. The van der Waals surface area contributed by atoms with Crippen LogP contribution in [0.4, 0.5) is 24.7 Å². The first-order valence-corrected chi connectivity index (χ1v) is 9.58. The zero-order valence-corrected chi connectivity index (χ0v) is 16.0. The van der Waals surface area contributed by atoms with Gasteiger partial charge in [0.05, 0.1) is 16.8 Å². The van der Waals surface area contributed by atoms with E-state index in [1.165, 1.54) is 12.1 Å². The second-order valence-electron chi connectivity index (χ2n) is 7.05. The molecule has 30 heavy (non-hydrogen) atoms. The molecule has 1 aromatic heterocycles. The molecule has 3 aromatic rings. The number of carbonyl (C=O) groups excluding carboxylic acids is 1. The maximum atomic E-state index is 13.1. The predicted molar refractivity (Wildman–Crippen MR) is 108 cm³/mol. The van der Waals surface area contributed by atoms with E-state index in [-0.39, 0.29) is 0 Å². The number of hydrogen-bond donors (Lipinski definition) is 1. The third kappa shape index (κ3) is 4.27. The number of alkyl halides is 3. The van der Waals surface area contributed by atoms with Crippen LogP contribution in [0.5, 0.6) is 0 Å². The summed E-state index contributed by atoms with van der Waals surface area (Å²) in [7, 11) is 0. The van der Waals surface area contributed by atoms with Gasteiger partial charge in [-0.15, -0.1) is 10.2 Å². The summed E-state index contributed by atoms with van der Waals surface area (Å²) in [5.74, 6) is 0.0360. The quantitative estimate of drug-likeness (QED) is 0.654. The van der Waals surface area contributed by atoms with Crippen LogP contribution in [-0.2, 0) is 6.18 Å². The molecule has 1 amide bonds. The standard InChI is InChI=1S/C22H19F3N4O/c23-22(24,25)18-6-2-1-5-17(18)21(30)26-16-9-7-15(8-10-16)19-11-12-20(28-27-19)29-13-3-4-14-29/h1-2,5-12H,3-4,13-14H2,(H,26,30). The number of nitrogens with one attached hydrogen (secondary N) is 1. The molecule has 0 bridgehead atoms. The van der Waals surface area contributed by atoms with Gasteiger partial charge in [0, 0.05) is 24.3 Å². The Hall–Kier alpha value is -3.42. The summed E-state index contributed by atoms with van der Waals surface area (Å²) in [5, 5.41) is 11.1. The number of carbonyl (C=O) groups is 1. The Morgan fingerprint density at radius 2 is 1.60 bits per heavy atom. The van der Waals surface area contributed by atoms with Crippen LogP contribution in [0.1, 0.15) is 28.8 Å². The molecule has 0 spiro atoms. The SMILES string of the molecule is O=C(Nc1ccc(-c2ccc(N3CCCC3)nn2)cc1)c1ccccc1C(F)(F)F. The van der Waals surface area contributed by atoms with E-state index in [0.29, 0.717) is 11.4 Å². The first-order chi connectivity index (χ1) is 14.4. The zero-order valence-electron chi connectivity index (χ0n) is 16.0. The lowest BCUT2D eigenvalue weighted by atomic mass is 10.1. The van der Waals surface area contributed by atoms with Crippen molar-refractivity contribution in [2.75, 3.05) is 23.3 Å². The molecule has 2 heterocycles. The van der Waals surface area contributed by atoms with Crippen LogP contribution in [0.15, 0.2) is 60.7 Å². The monoisotopic (exact) mass is 412 g/mol. The van der Waals surface area contributed by atoms with Gasteiger partial charge in [-0.2, -0.15) is 13.2 Å². The molecule has 8 heteroatoms. The average molecular weight is 412 g/mol. The fourth-order valence-electron chi connectivity index (χ4n) is 3.45. The van der Waals surface area contributed by atoms with Crippen molar-refractivity contribution < 1.29 is 18.0 Å². The molecule has 1 saturated heterocycles. The normalized spacial score (nSPS) is 14.0. The summed E-state index contributed by atoms with van der Waals surface area (Å²) >= 11 is 0. The van der Waals surface area contributed by atoms with Gasteiger partial charge in [-0.25, -0.2) is 0 Å². The van der Waals surface area contributed by atoms with Gasteiger partial charge < -0.3 is 10.2 Å². The fourth-order valence-corrected chi connectivity index (χ4v) is 3.45. The minimum absolute atomic E-state index is 0.391. The second kappa shape index (κ2) is 8.14. The van der Waals surface area contributed by atoms with Crippen LogP contribution in [-0.4, -0.2) is 29.2 Å². The summed E-state index contributed by atoms with van der Waals surface area (Å²) in [4.78, 5) is 14.6. The molecule has 0 atom stereocenters. The predicted octanol–water partition coefficient (Wildman–Crippen LogP) is 5.01. The third-order valence-electron chi connectivity index (χ3n) is 5.00. The van der Waals surface area contributed by atoms with Crippen molar-refractivity contribution in [3.05, 3.63) is 71.8 Å². The molecule has 154 valence electrons. The van der Waals surface area contributed by atoms with Crippen molar-refractivity contribution in [3.8, 4) is 11.3 Å². The molecule has 4 rings (SSSR count). The van der Waals surface area contributed by atoms with Crippen molar-refractivity contribution in [2.45, 2.75) is 19.0 Å². The Morgan fingerprint density at radius 3 is 2.23 bits per heavy atom. The highest BCUT2D eigenvalue weighted by Crippen LogP contribution is 2.32. The Kier molecular flexibility index (Phi) is 5.39.